The standard InChI is InChI=1S/C17H25ClN6.HI/c1-3-9-19-17(21-12-14-5-7-15(18)8-6-14)20-10-11-24-13-22-23-16(24)4-2;/h5-8,13H,3-4,9-12H2,1-2H3,(H2,19,20,21);1H. The monoisotopic (exact) mass is 476 g/mol. The van der Waals surface area contributed by atoms with E-state index in [-0.39, 0.29) is 24.0 Å². The Hall–Kier alpha value is -1.35. The Morgan fingerprint density at radius 1 is 1.16 bits per heavy atom. The molecule has 0 radical (unpaired) electrons. The van der Waals surface area contributed by atoms with Crippen LogP contribution in [0.4, 0.5) is 0 Å². The van der Waals surface area contributed by atoms with Gasteiger partial charge in [-0.15, -0.1) is 34.2 Å². The van der Waals surface area contributed by atoms with E-state index in [0.29, 0.717) is 6.54 Å². The molecule has 6 nitrogen and oxygen atoms in total. The van der Waals surface area contributed by atoms with Gasteiger partial charge < -0.3 is 15.2 Å². The van der Waals surface area contributed by atoms with Gasteiger partial charge in [-0.05, 0) is 24.1 Å². The zero-order valence-electron chi connectivity index (χ0n) is 14.7. The molecule has 0 fully saturated rings. The van der Waals surface area contributed by atoms with Gasteiger partial charge in [0.15, 0.2) is 5.96 Å². The second-order valence-corrected chi connectivity index (χ2v) is 5.88. The lowest BCUT2D eigenvalue weighted by Gasteiger charge is -2.13. The number of hydrogen-bond donors (Lipinski definition) is 2. The number of halogens is 2. The Bertz CT molecular complexity index is 641. The van der Waals surface area contributed by atoms with Crippen LogP contribution in [0.15, 0.2) is 35.6 Å². The van der Waals surface area contributed by atoms with Crippen molar-refractivity contribution in [1.29, 1.82) is 0 Å². The third-order valence-corrected chi connectivity index (χ3v) is 3.78. The first-order valence-corrected chi connectivity index (χ1v) is 8.74. The second kappa shape index (κ2) is 12.1. The molecule has 0 atom stereocenters. The zero-order chi connectivity index (χ0) is 17.2. The van der Waals surface area contributed by atoms with Crippen molar-refractivity contribution in [2.75, 3.05) is 13.1 Å². The summed E-state index contributed by atoms with van der Waals surface area (Å²) >= 11 is 5.91. The highest BCUT2D eigenvalue weighted by molar-refractivity contribution is 14.0. The van der Waals surface area contributed by atoms with Gasteiger partial charge in [-0.3, -0.25) is 0 Å². The summed E-state index contributed by atoms with van der Waals surface area (Å²) in [6.45, 7) is 7.29. The van der Waals surface area contributed by atoms with Crippen LogP contribution in [0.3, 0.4) is 0 Å². The third-order valence-electron chi connectivity index (χ3n) is 3.53. The molecule has 1 aromatic heterocycles. The highest BCUT2D eigenvalue weighted by Crippen LogP contribution is 2.10. The lowest BCUT2D eigenvalue weighted by Crippen LogP contribution is -2.39. The minimum Gasteiger partial charge on any atom is -0.356 e. The molecule has 25 heavy (non-hydrogen) atoms. The Labute approximate surface area is 171 Å². The largest absolute Gasteiger partial charge is 0.356 e. The molecular formula is C17H26ClIN6. The average molecular weight is 477 g/mol. The lowest BCUT2D eigenvalue weighted by atomic mass is 10.2. The third kappa shape index (κ3) is 7.60. The maximum atomic E-state index is 5.91. The predicted molar refractivity (Wildman–Crippen MR) is 114 cm³/mol. The molecule has 2 aromatic rings. The molecular weight excluding hydrogens is 451 g/mol. The number of nitrogens with one attached hydrogen (secondary N) is 2. The number of guanidine groups is 1. The van der Waals surface area contributed by atoms with Gasteiger partial charge in [0.1, 0.15) is 12.2 Å². The number of hydrogen-bond acceptors (Lipinski definition) is 3. The normalized spacial score (nSPS) is 11.1. The lowest BCUT2D eigenvalue weighted by molar-refractivity contribution is 0.631. The zero-order valence-corrected chi connectivity index (χ0v) is 17.8. The topological polar surface area (TPSA) is 67.1 Å². The summed E-state index contributed by atoms with van der Waals surface area (Å²) < 4.78 is 2.06. The Balaban J connectivity index is 0.00000312. The predicted octanol–water partition coefficient (Wildman–Crippen LogP) is 3.26. The number of aromatic nitrogens is 3. The van der Waals surface area contributed by atoms with Gasteiger partial charge in [-0.25, -0.2) is 4.99 Å². The van der Waals surface area contributed by atoms with E-state index in [4.69, 9.17) is 11.6 Å². The number of benzene rings is 1. The summed E-state index contributed by atoms with van der Waals surface area (Å²) in [5, 5.41) is 15.5. The van der Waals surface area contributed by atoms with Crippen LogP contribution in [0.1, 0.15) is 31.7 Å². The van der Waals surface area contributed by atoms with Crippen molar-refractivity contribution in [3.05, 3.63) is 47.0 Å². The summed E-state index contributed by atoms with van der Waals surface area (Å²) in [4.78, 5) is 4.63. The molecule has 0 unspecified atom stereocenters. The van der Waals surface area contributed by atoms with Crippen molar-refractivity contribution in [3.63, 3.8) is 0 Å². The Kier molecular flexibility index (Phi) is 10.5. The molecule has 8 heteroatoms. The van der Waals surface area contributed by atoms with Gasteiger partial charge in [0, 0.05) is 31.1 Å². The molecule has 0 spiro atoms. The highest BCUT2D eigenvalue weighted by atomic mass is 127. The van der Waals surface area contributed by atoms with Crippen molar-refractivity contribution >= 4 is 41.5 Å². The minimum absolute atomic E-state index is 0. The van der Waals surface area contributed by atoms with E-state index in [1.54, 1.807) is 6.33 Å². The van der Waals surface area contributed by atoms with Crippen LogP contribution in [-0.2, 0) is 19.5 Å². The van der Waals surface area contributed by atoms with Crippen molar-refractivity contribution in [3.8, 4) is 0 Å². The summed E-state index contributed by atoms with van der Waals surface area (Å²) in [5.74, 6) is 1.82. The van der Waals surface area contributed by atoms with Crippen molar-refractivity contribution in [2.45, 2.75) is 39.8 Å². The van der Waals surface area contributed by atoms with Crippen molar-refractivity contribution < 1.29 is 0 Å². The van der Waals surface area contributed by atoms with Crippen LogP contribution in [0.2, 0.25) is 5.02 Å². The fourth-order valence-electron chi connectivity index (χ4n) is 2.21. The molecule has 2 N–H and O–H groups in total. The molecule has 0 amide bonds. The SMILES string of the molecule is CCCNC(=NCc1ccc(Cl)cc1)NCCn1cnnc1CC.I. The number of aliphatic imine (C=N–C) groups is 1. The molecule has 1 heterocycles. The van der Waals surface area contributed by atoms with E-state index in [1.807, 2.05) is 24.3 Å². The minimum atomic E-state index is 0. The molecule has 138 valence electrons. The van der Waals surface area contributed by atoms with E-state index in [9.17, 15) is 0 Å². The summed E-state index contributed by atoms with van der Waals surface area (Å²) in [6.07, 6.45) is 3.70. The molecule has 0 aliphatic carbocycles. The van der Waals surface area contributed by atoms with Crippen LogP contribution < -0.4 is 10.6 Å². The average Bonchev–Trinajstić information content (AvgIpc) is 3.05. The van der Waals surface area contributed by atoms with Crippen LogP contribution in [0.25, 0.3) is 0 Å². The molecule has 0 aliphatic heterocycles. The quantitative estimate of drug-likeness (QED) is 0.349. The number of nitrogens with zero attached hydrogens (tertiary/aromatic N) is 4. The summed E-state index contributed by atoms with van der Waals surface area (Å²) in [7, 11) is 0. The van der Waals surface area contributed by atoms with Crippen LogP contribution >= 0.6 is 35.6 Å². The fraction of sp³-hybridized carbons (Fsp3) is 0.471. The maximum absolute atomic E-state index is 5.91. The summed E-state index contributed by atoms with van der Waals surface area (Å²) in [6, 6.07) is 7.76. The van der Waals surface area contributed by atoms with Crippen LogP contribution in [0.5, 0.6) is 0 Å². The number of aryl methyl sites for hydroxylation is 1. The van der Waals surface area contributed by atoms with Gasteiger partial charge in [-0.2, -0.15) is 0 Å². The van der Waals surface area contributed by atoms with Gasteiger partial charge in [0.2, 0.25) is 0 Å². The smallest absolute Gasteiger partial charge is 0.191 e. The van der Waals surface area contributed by atoms with E-state index in [2.05, 4.69) is 44.2 Å². The van der Waals surface area contributed by atoms with E-state index >= 15 is 0 Å². The first kappa shape index (κ1) is 21.7. The second-order valence-electron chi connectivity index (χ2n) is 5.44. The molecule has 0 saturated heterocycles. The van der Waals surface area contributed by atoms with Gasteiger partial charge in [0.05, 0.1) is 6.54 Å². The van der Waals surface area contributed by atoms with Gasteiger partial charge in [0.25, 0.3) is 0 Å². The van der Waals surface area contributed by atoms with Crippen LogP contribution in [0, 0.1) is 0 Å². The van der Waals surface area contributed by atoms with E-state index < -0.39 is 0 Å². The Morgan fingerprint density at radius 3 is 2.56 bits per heavy atom. The maximum Gasteiger partial charge on any atom is 0.191 e. The van der Waals surface area contributed by atoms with Crippen molar-refractivity contribution in [2.24, 2.45) is 4.99 Å². The van der Waals surface area contributed by atoms with E-state index in [1.165, 1.54) is 0 Å². The van der Waals surface area contributed by atoms with Crippen LogP contribution in [-0.4, -0.2) is 33.8 Å². The fourth-order valence-corrected chi connectivity index (χ4v) is 2.34. The van der Waals surface area contributed by atoms with E-state index in [0.717, 1.165) is 54.8 Å². The van der Waals surface area contributed by atoms with Crippen molar-refractivity contribution in [1.82, 2.24) is 25.4 Å². The molecule has 0 aliphatic rings. The first-order valence-electron chi connectivity index (χ1n) is 8.36. The van der Waals surface area contributed by atoms with Gasteiger partial charge in [-0.1, -0.05) is 37.6 Å². The highest BCUT2D eigenvalue weighted by Gasteiger charge is 2.02. The Morgan fingerprint density at radius 2 is 1.88 bits per heavy atom. The first-order chi connectivity index (χ1) is 11.7. The summed E-state index contributed by atoms with van der Waals surface area (Å²) in [5.41, 5.74) is 1.13. The molecule has 2 rings (SSSR count). The number of rotatable bonds is 8. The molecule has 0 saturated carbocycles. The van der Waals surface area contributed by atoms with Gasteiger partial charge >= 0.3 is 0 Å². The molecule has 1 aromatic carbocycles. The molecule has 0 bridgehead atoms.